The van der Waals surface area contributed by atoms with E-state index in [1.807, 2.05) is 35.0 Å². The van der Waals surface area contributed by atoms with E-state index in [0.29, 0.717) is 33.6 Å². The van der Waals surface area contributed by atoms with E-state index in [4.69, 9.17) is 4.52 Å². The molecule has 192 valence electrons. The lowest BCUT2D eigenvalue weighted by atomic mass is 10.0. The second kappa shape index (κ2) is 9.83. The van der Waals surface area contributed by atoms with Gasteiger partial charge in [-0.15, -0.1) is 0 Å². The number of aliphatic hydroxyl groups excluding tert-OH is 1. The average molecular weight is 512 g/mol. The zero-order valence-electron chi connectivity index (χ0n) is 21.0. The molecule has 38 heavy (non-hydrogen) atoms. The highest BCUT2D eigenvalue weighted by molar-refractivity contribution is 6.08. The van der Waals surface area contributed by atoms with Crippen molar-refractivity contribution >= 4 is 23.0 Å². The Bertz CT molecular complexity index is 1740. The first-order valence-corrected chi connectivity index (χ1v) is 11.8. The molecule has 10 heteroatoms. The summed E-state index contributed by atoms with van der Waals surface area (Å²) in [6, 6.07) is 15.8. The number of aromatic nitrogens is 3. The van der Waals surface area contributed by atoms with E-state index in [9.17, 15) is 19.5 Å². The Balaban J connectivity index is 1.48. The molecule has 0 aliphatic rings. The van der Waals surface area contributed by atoms with Crippen LogP contribution in [0.3, 0.4) is 0 Å². The maximum absolute atomic E-state index is 13.2. The Kier molecular flexibility index (Phi) is 6.39. The Hall–Kier alpha value is -4.96. The third-order valence-corrected chi connectivity index (χ3v) is 6.21. The normalized spacial score (nSPS) is 11.1. The van der Waals surface area contributed by atoms with Crippen molar-refractivity contribution in [2.45, 2.75) is 13.5 Å². The highest BCUT2D eigenvalue weighted by Gasteiger charge is 2.18. The molecule has 3 N–H and O–H groups in total. The molecule has 2 aromatic carbocycles. The summed E-state index contributed by atoms with van der Waals surface area (Å²) in [6.07, 6.45) is 3.73. The van der Waals surface area contributed by atoms with Gasteiger partial charge in [0.1, 0.15) is 6.61 Å². The fraction of sp³-hybridized carbons (Fsp3) is 0.143. The number of nitrogens with one attached hydrogen (secondary N) is 2. The zero-order valence-corrected chi connectivity index (χ0v) is 21.0. The van der Waals surface area contributed by atoms with Crippen molar-refractivity contribution in [3.8, 4) is 22.3 Å². The molecule has 0 bridgehead atoms. The summed E-state index contributed by atoms with van der Waals surface area (Å²) in [4.78, 5) is 42.1. The number of aryl methyl sites for hydroxylation is 2. The number of anilines is 1. The molecular weight excluding hydrogens is 486 g/mol. The molecule has 0 radical (unpaired) electrons. The molecule has 2 amide bonds. The van der Waals surface area contributed by atoms with E-state index in [1.165, 1.54) is 7.05 Å². The summed E-state index contributed by atoms with van der Waals surface area (Å²) in [5.74, 6) is -0.446. The van der Waals surface area contributed by atoms with Gasteiger partial charge in [-0.25, -0.2) is 4.98 Å². The van der Waals surface area contributed by atoms with Gasteiger partial charge in [-0.3, -0.25) is 14.4 Å². The second-order valence-electron chi connectivity index (χ2n) is 8.79. The van der Waals surface area contributed by atoms with Gasteiger partial charge in [-0.1, -0.05) is 30.3 Å². The Labute approximate surface area is 217 Å². The van der Waals surface area contributed by atoms with Crippen LogP contribution in [-0.4, -0.2) is 38.1 Å². The van der Waals surface area contributed by atoms with E-state index >= 15 is 0 Å². The van der Waals surface area contributed by atoms with E-state index in [1.54, 1.807) is 50.4 Å². The molecule has 0 unspecified atom stereocenters. The van der Waals surface area contributed by atoms with Crippen LogP contribution in [0.5, 0.6) is 0 Å². The summed E-state index contributed by atoms with van der Waals surface area (Å²) >= 11 is 0. The number of fused-ring (bicyclic) bond motifs is 1. The standard InChI is InChI=1S/C28H25N5O5/c1-16-13-33-14-20(17-7-9-18(10-8-17)24-23(15-34)38-32(3)28(24)37)12-22(33)25(30-16)27(36)31-21-6-4-5-19(11-21)26(35)29-2/h4-14,34H,15H2,1-3H3,(H,29,35)(H,31,36). The van der Waals surface area contributed by atoms with E-state index in [-0.39, 0.29) is 29.5 Å². The van der Waals surface area contributed by atoms with Crippen molar-refractivity contribution in [1.29, 1.82) is 0 Å². The number of carbonyl (C=O) groups is 2. The largest absolute Gasteiger partial charge is 0.388 e. The molecule has 10 nitrogen and oxygen atoms in total. The van der Waals surface area contributed by atoms with Crippen LogP contribution in [0.15, 0.2) is 76.3 Å². The number of benzene rings is 2. The minimum Gasteiger partial charge on any atom is -0.388 e. The van der Waals surface area contributed by atoms with E-state index in [2.05, 4.69) is 15.6 Å². The van der Waals surface area contributed by atoms with Crippen LogP contribution >= 0.6 is 0 Å². The Morgan fingerprint density at radius 1 is 1.00 bits per heavy atom. The molecule has 0 saturated carbocycles. The van der Waals surface area contributed by atoms with Gasteiger partial charge in [-0.2, -0.15) is 4.74 Å². The molecule has 3 aromatic heterocycles. The predicted octanol–water partition coefficient (Wildman–Crippen LogP) is 3.37. The van der Waals surface area contributed by atoms with E-state index < -0.39 is 5.91 Å². The molecule has 0 aliphatic carbocycles. The van der Waals surface area contributed by atoms with Crippen LogP contribution < -0.4 is 16.2 Å². The first kappa shape index (κ1) is 24.7. The molecule has 0 spiro atoms. The topological polar surface area (TPSA) is 131 Å². The first-order valence-electron chi connectivity index (χ1n) is 11.8. The molecule has 5 aromatic rings. The smallest absolute Gasteiger partial charge is 0.290 e. The van der Waals surface area contributed by atoms with Crippen LogP contribution in [0, 0.1) is 6.92 Å². The van der Waals surface area contributed by atoms with Gasteiger partial charge in [0.15, 0.2) is 11.5 Å². The third-order valence-electron chi connectivity index (χ3n) is 6.21. The molecule has 0 atom stereocenters. The van der Waals surface area contributed by atoms with Gasteiger partial charge in [0.05, 0.1) is 16.8 Å². The van der Waals surface area contributed by atoms with Crippen molar-refractivity contribution in [3.63, 3.8) is 0 Å². The highest BCUT2D eigenvalue weighted by atomic mass is 16.5. The van der Waals surface area contributed by atoms with Gasteiger partial charge >= 0.3 is 0 Å². The summed E-state index contributed by atoms with van der Waals surface area (Å²) in [5, 5.41) is 15.0. The van der Waals surface area contributed by atoms with Gasteiger partial charge < -0.3 is 24.7 Å². The Morgan fingerprint density at radius 3 is 2.45 bits per heavy atom. The lowest BCUT2D eigenvalue weighted by Crippen LogP contribution is -2.19. The molecule has 0 fully saturated rings. The molecule has 3 heterocycles. The molecule has 0 aliphatic heterocycles. The minimum atomic E-state index is -0.403. The number of hydrogen-bond acceptors (Lipinski definition) is 6. The molecular formula is C28H25N5O5. The van der Waals surface area contributed by atoms with Crippen molar-refractivity contribution in [3.05, 3.63) is 100 Å². The summed E-state index contributed by atoms with van der Waals surface area (Å²) in [5.41, 5.74) is 4.77. The maximum Gasteiger partial charge on any atom is 0.290 e. The van der Waals surface area contributed by atoms with Crippen LogP contribution in [0.4, 0.5) is 5.69 Å². The quantitative estimate of drug-likeness (QED) is 0.320. The summed E-state index contributed by atoms with van der Waals surface area (Å²) in [7, 11) is 3.04. The molecule has 0 saturated heterocycles. The number of carbonyl (C=O) groups excluding carboxylic acids is 2. The van der Waals surface area contributed by atoms with Crippen molar-refractivity contribution in [2.75, 3.05) is 12.4 Å². The van der Waals surface area contributed by atoms with Crippen LogP contribution in [0.2, 0.25) is 0 Å². The van der Waals surface area contributed by atoms with Crippen LogP contribution in [-0.2, 0) is 13.7 Å². The average Bonchev–Trinajstić information content (AvgIpc) is 3.48. The zero-order chi connectivity index (χ0) is 27.0. The summed E-state index contributed by atoms with van der Waals surface area (Å²) in [6.45, 7) is 1.42. The monoisotopic (exact) mass is 511 g/mol. The third kappa shape index (κ3) is 4.48. The lowest BCUT2D eigenvalue weighted by molar-refractivity contribution is 0.0961. The minimum absolute atomic E-state index is 0.206. The lowest BCUT2D eigenvalue weighted by Gasteiger charge is -2.09. The summed E-state index contributed by atoms with van der Waals surface area (Å²) < 4.78 is 8.24. The van der Waals surface area contributed by atoms with Crippen LogP contribution in [0.1, 0.15) is 32.3 Å². The fourth-order valence-corrected chi connectivity index (χ4v) is 4.39. The van der Waals surface area contributed by atoms with Crippen LogP contribution in [0.25, 0.3) is 27.8 Å². The number of amides is 2. The van der Waals surface area contributed by atoms with Crippen molar-refractivity contribution < 1.29 is 19.2 Å². The Morgan fingerprint density at radius 2 is 1.74 bits per heavy atom. The number of nitrogens with zero attached hydrogens (tertiary/aromatic N) is 3. The van der Waals surface area contributed by atoms with Gasteiger partial charge in [0.25, 0.3) is 17.4 Å². The SMILES string of the molecule is CNC(=O)c1cccc(NC(=O)c2nc(C)cn3cc(-c4ccc(-c5c(CO)on(C)c5=O)cc4)cc23)c1. The predicted molar refractivity (Wildman–Crippen MR) is 142 cm³/mol. The number of rotatable bonds is 6. The van der Waals surface area contributed by atoms with Gasteiger partial charge in [0.2, 0.25) is 0 Å². The fourth-order valence-electron chi connectivity index (χ4n) is 4.39. The van der Waals surface area contributed by atoms with Crippen molar-refractivity contribution in [2.24, 2.45) is 7.05 Å². The second-order valence-corrected chi connectivity index (χ2v) is 8.79. The van der Waals surface area contributed by atoms with E-state index in [0.717, 1.165) is 15.9 Å². The highest BCUT2D eigenvalue weighted by Crippen LogP contribution is 2.28. The van der Waals surface area contributed by atoms with Crippen molar-refractivity contribution in [1.82, 2.24) is 19.4 Å². The van der Waals surface area contributed by atoms with Gasteiger partial charge in [0, 0.05) is 43.3 Å². The maximum atomic E-state index is 13.2. The number of aliphatic hydroxyl groups is 1. The van der Waals surface area contributed by atoms with Gasteiger partial charge in [-0.05, 0) is 42.3 Å². The molecule has 5 rings (SSSR count). The first-order chi connectivity index (χ1) is 18.3. The number of hydrogen-bond donors (Lipinski definition) is 3.